The number of thiocarbonyl (C=S) groups is 1. The summed E-state index contributed by atoms with van der Waals surface area (Å²) in [5.74, 6) is 0.272. The average Bonchev–Trinajstić information content (AvgIpc) is 2.68. The summed E-state index contributed by atoms with van der Waals surface area (Å²) < 4.78 is 10.8. The Balaban J connectivity index is 2.21. The van der Waals surface area contributed by atoms with Crippen molar-refractivity contribution in [3.05, 3.63) is 71.3 Å². The van der Waals surface area contributed by atoms with Gasteiger partial charge in [-0.25, -0.2) is 4.79 Å². The fraction of sp³-hybridized carbons (Fsp3) is 0.200. The zero-order valence-electron chi connectivity index (χ0n) is 14.6. The maximum absolute atomic E-state index is 12.8. The summed E-state index contributed by atoms with van der Waals surface area (Å²) in [5.41, 5.74) is 2.79. The molecule has 0 amide bonds. The highest BCUT2D eigenvalue weighted by Crippen LogP contribution is 2.36. The first-order chi connectivity index (χ1) is 12.7. The predicted molar refractivity (Wildman–Crippen MR) is 105 cm³/mol. The van der Waals surface area contributed by atoms with Crippen LogP contribution in [0.4, 0.5) is 0 Å². The number of rotatable bonds is 5. The SMILES string of the molecule is CCOC(=O)C1=C(c2ccccc2)NC(=S)NC1c1ccccc1OC. The molecule has 1 aliphatic heterocycles. The van der Waals surface area contributed by atoms with Gasteiger partial charge in [-0.1, -0.05) is 48.5 Å². The monoisotopic (exact) mass is 368 g/mol. The van der Waals surface area contributed by atoms with E-state index in [1.165, 1.54) is 0 Å². The molecule has 0 fully saturated rings. The number of carbonyl (C=O) groups excluding carboxylic acids is 1. The van der Waals surface area contributed by atoms with Crippen molar-refractivity contribution in [3.8, 4) is 5.75 Å². The lowest BCUT2D eigenvalue weighted by Crippen LogP contribution is -2.45. The van der Waals surface area contributed by atoms with Gasteiger partial charge in [0.2, 0.25) is 0 Å². The minimum absolute atomic E-state index is 0.285. The molecule has 0 saturated carbocycles. The third-order valence-electron chi connectivity index (χ3n) is 4.08. The highest BCUT2D eigenvalue weighted by Gasteiger charge is 2.34. The third kappa shape index (κ3) is 3.55. The Bertz CT molecular complexity index is 849. The van der Waals surface area contributed by atoms with Gasteiger partial charge >= 0.3 is 5.97 Å². The van der Waals surface area contributed by atoms with Gasteiger partial charge in [0, 0.05) is 5.56 Å². The van der Waals surface area contributed by atoms with Crippen LogP contribution < -0.4 is 15.4 Å². The molecule has 2 aromatic carbocycles. The van der Waals surface area contributed by atoms with E-state index in [2.05, 4.69) is 10.6 Å². The summed E-state index contributed by atoms with van der Waals surface area (Å²) in [7, 11) is 1.60. The van der Waals surface area contributed by atoms with Gasteiger partial charge in [0.15, 0.2) is 5.11 Å². The van der Waals surface area contributed by atoms with Gasteiger partial charge in [-0.3, -0.25) is 0 Å². The van der Waals surface area contributed by atoms with Crippen LogP contribution in [-0.2, 0) is 9.53 Å². The fourth-order valence-electron chi connectivity index (χ4n) is 2.96. The Hall–Kier alpha value is -2.86. The first-order valence-electron chi connectivity index (χ1n) is 8.32. The van der Waals surface area contributed by atoms with Crippen molar-refractivity contribution in [2.45, 2.75) is 13.0 Å². The molecule has 3 rings (SSSR count). The molecule has 1 aliphatic rings. The lowest BCUT2D eigenvalue weighted by molar-refractivity contribution is -0.138. The molecule has 0 aliphatic carbocycles. The van der Waals surface area contributed by atoms with E-state index in [1.807, 2.05) is 54.6 Å². The quantitative estimate of drug-likeness (QED) is 0.624. The van der Waals surface area contributed by atoms with E-state index in [-0.39, 0.29) is 6.61 Å². The summed E-state index contributed by atoms with van der Waals surface area (Å²) in [4.78, 5) is 12.8. The highest BCUT2D eigenvalue weighted by molar-refractivity contribution is 7.80. The molecule has 6 heteroatoms. The zero-order valence-corrected chi connectivity index (χ0v) is 15.4. The number of esters is 1. The molecule has 0 aromatic heterocycles. The lowest BCUT2D eigenvalue weighted by Gasteiger charge is -2.31. The van der Waals surface area contributed by atoms with E-state index in [1.54, 1.807) is 14.0 Å². The van der Waals surface area contributed by atoms with Gasteiger partial charge < -0.3 is 20.1 Å². The Morgan fingerprint density at radius 1 is 1.12 bits per heavy atom. The normalized spacial score (nSPS) is 16.5. The van der Waals surface area contributed by atoms with Crippen LogP contribution in [-0.4, -0.2) is 24.8 Å². The number of hydrogen-bond acceptors (Lipinski definition) is 4. The van der Waals surface area contributed by atoms with Gasteiger partial charge in [0.05, 0.1) is 31.0 Å². The van der Waals surface area contributed by atoms with Gasteiger partial charge in [-0.2, -0.15) is 0 Å². The van der Waals surface area contributed by atoms with Crippen molar-refractivity contribution in [2.24, 2.45) is 0 Å². The van der Waals surface area contributed by atoms with Crippen LogP contribution in [0.25, 0.3) is 5.70 Å². The van der Waals surface area contributed by atoms with Crippen LogP contribution in [0.3, 0.4) is 0 Å². The summed E-state index contributed by atoms with van der Waals surface area (Å²) in [5, 5.41) is 6.73. The Labute approximate surface area is 158 Å². The molecule has 2 N–H and O–H groups in total. The van der Waals surface area contributed by atoms with Crippen LogP contribution in [0.5, 0.6) is 5.75 Å². The summed E-state index contributed by atoms with van der Waals surface area (Å²) >= 11 is 5.39. The van der Waals surface area contributed by atoms with Crippen molar-refractivity contribution < 1.29 is 14.3 Å². The minimum Gasteiger partial charge on any atom is -0.496 e. The van der Waals surface area contributed by atoms with Crippen LogP contribution in [0.2, 0.25) is 0 Å². The van der Waals surface area contributed by atoms with Crippen molar-refractivity contribution in [1.29, 1.82) is 0 Å². The summed E-state index contributed by atoms with van der Waals surface area (Å²) in [6, 6.07) is 16.7. The number of nitrogens with one attached hydrogen (secondary N) is 2. The number of para-hydroxylation sites is 1. The van der Waals surface area contributed by atoms with Crippen molar-refractivity contribution in [1.82, 2.24) is 10.6 Å². The Kier molecular flexibility index (Phi) is 5.53. The smallest absolute Gasteiger partial charge is 0.338 e. The van der Waals surface area contributed by atoms with E-state index in [0.717, 1.165) is 11.1 Å². The molecule has 1 atom stereocenters. The molecule has 26 heavy (non-hydrogen) atoms. The van der Waals surface area contributed by atoms with E-state index in [4.69, 9.17) is 21.7 Å². The molecule has 5 nitrogen and oxygen atoms in total. The molecule has 1 heterocycles. The topological polar surface area (TPSA) is 59.6 Å². The number of hydrogen-bond donors (Lipinski definition) is 2. The second-order valence-electron chi connectivity index (χ2n) is 5.65. The van der Waals surface area contributed by atoms with E-state index < -0.39 is 12.0 Å². The Morgan fingerprint density at radius 3 is 2.50 bits per heavy atom. The highest BCUT2D eigenvalue weighted by atomic mass is 32.1. The first kappa shape index (κ1) is 17.9. The second kappa shape index (κ2) is 8.01. The van der Waals surface area contributed by atoms with Gasteiger partial charge in [0.25, 0.3) is 0 Å². The van der Waals surface area contributed by atoms with Crippen LogP contribution >= 0.6 is 12.2 Å². The van der Waals surface area contributed by atoms with E-state index >= 15 is 0 Å². The second-order valence-corrected chi connectivity index (χ2v) is 6.06. The summed E-state index contributed by atoms with van der Waals surface area (Å²) in [6.07, 6.45) is 0. The standard InChI is InChI=1S/C20H20N2O3S/c1-3-25-19(23)16-17(13-9-5-4-6-10-13)21-20(26)22-18(16)14-11-7-8-12-15(14)24-2/h4-12,18H,3H2,1-2H3,(H2,21,22,26). The first-order valence-corrected chi connectivity index (χ1v) is 8.73. The van der Waals surface area contributed by atoms with Crippen molar-refractivity contribution >= 4 is 29.0 Å². The largest absolute Gasteiger partial charge is 0.496 e. The third-order valence-corrected chi connectivity index (χ3v) is 4.30. The van der Waals surface area contributed by atoms with Crippen LogP contribution in [0.15, 0.2) is 60.2 Å². The number of carbonyl (C=O) groups is 1. The maximum atomic E-state index is 12.8. The Morgan fingerprint density at radius 2 is 1.81 bits per heavy atom. The fourth-order valence-corrected chi connectivity index (χ4v) is 3.18. The molecule has 0 bridgehead atoms. The number of methoxy groups -OCH3 is 1. The zero-order chi connectivity index (χ0) is 18.5. The van der Waals surface area contributed by atoms with Gasteiger partial charge in [0.1, 0.15) is 5.75 Å². The molecule has 0 spiro atoms. The molecule has 2 aromatic rings. The molecule has 1 unspecified atom stereocenters. The predicted octanol–water partition coefficient (Wildman–Crippen LogP) is 3.19. The van der Waals surface area contributed by atoms with Gasteiger partial charge in [-0.15, -0.1) is 0 Å². The number of benzene rings is 2. The maximum Gasteiger partial charge on any atom is 0.338 e. The summed E-state index contributed by atoms with van der Waals surface area (Å²) in [6.45, 7) is 2.07. The number of ether oxygens (including phenoxy) is 2. The molecular weight excluding hydrogens is 348 g/mol. The van der Waals surface area contributed by atoms with E-state index in [9.17, 15) is 4.79 Å². The minimum atomic E-state index is -0.478. The molecule has 0 radical (unpaired) electrons. The molecular formula is C20H20N2O3S. The van der Waals surface area contributed by atoms with Crippen molar-refractivity contribution in [2.75, 3.05) is 13.7 Å². The van der Waals surface area contributed by atoms with E-state index in [0.29, 0.717) is 22.1 Å². The van der Waals surface area contributed by atoms with Crippen LogP contribution in [0, 0.1) is 0 Å². The van der Waals surface area contributed by atoms with Crippen molar-refractivity contribution in [3.63, 3.8) is 0 Å². The average molecular weight is 368 g/mol. The molecule has 134 valence electrons. The van der Waals surface area contributed by atoms with Gasteiger partial charge in [-0.05, 0) is 30.8 Å². The lowest BCUT2D eigenvalue weighted by atomic mass is 9.92. The molecule has 0 saturated heterocycles. The van der Waals surface area contributed by atoms with Crippen LogP contribution in [0.1, 0.15) is 24.1 Å².